The quantitative estimate of drug-likeness (QED) is 0.462. The fourth-order valence-electron chi connectivity index (χ4n) is 1.82. The lowest BCUT2D eigenvalue weighted by molar-refractivity contribution is 0.00496. The van der Waals surface area contributed by atoms with Gasteiger partial charge in [-0.1, -0.05) is 37.3 Å². The van der Waals surface area contributed by atoms with Crippen molar-refractivity contribution in [3.63, 3.8) is 0 Å². The normalized spacial score (nSPS) is 12.3. The van der Waals surface area contributed by atoms with Crippen molar-refractivity contribution in [2.45, 2.75) is 25.9 Å². The van der Waals surface area contributed by atoms with E-state index in [1.165, 1.54) is 0 Å². The summed E-state index contributed by atoms with van der Waals surface area (Å²) in [7, 11) is 1.67. The van der Waals surface area contributed by atoms with Gasteiger partial charge in [0.15, 0.2) is 5.78 Å². The van der Waals surface area contributed by atoms with Crippen LogP contribution in [0.5, 0.6) is 0 Å². The Bertz CT molecular complexity index is 364. The maximum Gasteiger partial charge on any atom is 0.191 e. The number of benzene rings is 1. The zero-order valence-electron chi connectivity index (χ0n) is 12.3. The number of rotatable bonds is 11. The summed E-state index contributed by atoms with van der Waals surface area (Å²) in [5.74, 6) is 0.0347. The first-order chi connectivity index (χ1) is 9.79. The average molecular weight is 280 g/mol. The SMILES string of the molecule is CCC(OCCOCCCOC)C(=O)c1ccccc1. The van der Waals surface area contributed by atoms with Crippen LogP contribution in [0, 0.1) is 0 Å². The van der Waals surface area contributed by atoms with Crippen LogP contribution in [0.3, 0.4) is 0 Å². The molecule has 4 heteroatoms. The standard InChI is InChI=1S/C16H24O4/c1-3-15(16(17)14-8-5-4-6-9-14)20-13-12-19-11-7-10-18-2/h4-6,8-9,15H,3,7,10-13H2,1-2H3. The molecular weight excluding hydrogens is 256 g/mol. The van der Waals surface area contributed by atoms with Crippen molar-refractivity contribution in [2.24, 2.45) is 0 Å². The van der Waals surface area contributed by atoms with Gasteiger partial charge in [-0.25, -0.2) is 0 Å². The predicted octanol–water partition coefficient (Wildman–Crippen LogP) is 2.72. The zero-order valence-corrected chi connectivity index (χ0v) is 12.3. The van der Waals surface area contributed by atoms with Gasteiger partial charge in [-0.05, 0) is 12.8 Å². The number of methoxy groups -OCH3 is 1. The fourth-order valence-corrected chi connectivity index (χ4v) is 1.82. The molecule has 0 aromatic heterocycles. The molecule has 0 radical (unpaired) electrons. The Labute approximate surface area is 121 Å². The summed E-state index contributed by atoms with van der Waals surface area (Å²) in [5.41, 5.74) is 0.695. The molecule has 0 heterocycles. The Kier molecular flexibility index (Phi) is 8.87. The van der Waals surface area contributed by atoms with E-state index in [1.54, 1.807) is 7.11 Å². The van der Waals surface area contributed by atoms with Crippen LogP contribution >= 0.6 is 0 Å². The van der Waals surface area contributed by atoms with Crippen LogP contribution in [0.15, 0.2) is 30.3 Å². The molecule has 1 unspecified atom stereocenters. The average Bonchev–Trinajstić information content (AvgIpc) is 2.50. The summed E-state index contributed by atoms with van der Waals surface area (Å²) in [6.45, 7) is 4.24. The largest absolute Gasteiger partial charge is 0.385 e. The Morgan fingerprint density at radius 1 is 1.10 bits per heavy atom. The van der Waals surface area contributed by atoms with E-state index in [0.717, 1.165) is 6.42 Å². The van der Waals surface area contributed by atoms with Crippen molar-refractivity contribution in [1.82, 2.24) is 0 Å². The second kappa shape index (κ2) is 10.5. The number of hydrogen-bond acceptors (Lipinski definition) is 4. The van der Waals surface area contributed by atoms with Crippen LogP contribution in [-0.4, -0.2) is 45.4 Å². The minimum Gasteiger partial charge on any atom is -0.385 e. The van der Waals surface area contributed by atoms with Gasteiger partial charge in [-0.15, -0.1) is 0 Å². The Hall–Kier alpha value is -1.23. The molecule has 0 aliphatic carbocycles. The van der Waals surface area contributed by atoms with E-state index in [1.807, 2.05) is 37.3 Å². The van der Waals surface area contributed by atoms with Crippen molar-refractivity contribution in [1.29, 1.82) is 0 Å². The van der Waals surface area contributed by atoms with E-state index in [-0.39, 0.29) is 11.9 Å². The third kappa shape index (κ3) is 6.28. The van der Waals surface area contributed by atoms with Crippen LogP contribution in [0.25, 0.3) is 0 Å². The smallest absolute Gasteiger partial charge is 0.191 e. The van der Waals surface area contributed by atoms with Crippen LogP contribution in [0.1, 0.15) is 30.1 Å². The maximum atomic E-state index is 12.2. The van der Waals surface area contributed by atoms with E-state index in [2.05, 4.69) is 0 Å². The molecule has 0 N–H and O–H groups in total. The van der Waals surface area contributed by atoms with Gasteiger partial charge in [0.1, 0.15) is 6.10 Å². The summed E-state index contributed by atoms with van der Waals surface area (Å²) in [6, 6.07) is 9.25. The van der Waals surface area contributed by atoms with E-state index in [0.29, 0.717) is 38.4 Å². The molecule has 0 fully saturated rings. The van der Waals surface area contributed by atoms with Crippen LogP contribution < -0.4 is 0 Å². The highest BCUT2D eigenvalue weighted by molar-refractivity contribution is 5.99. The van der Waals surface area contributed by atoms with Gasteiger partial charge >= 0.3 is 0 Å². The highest BCUT2D eigenvalue weighted by Gasteiger charge is 2.18. The lowest BCUT2D eigenvalue weighted by Crippen LogP contribution is -2.25. The third-order valence-electron chi connectivity index (χ3n) is 2.91. The van der Waals surface area contributed by atoms with Crippen LogP contribution in [-0.2, 0) is 14.2 Å². The summed E-state index contributed by atoms with van der Waals surface area (Å²) in [6.07, 6.45) is 1.15. The van der Waals surface area contributed by atoms with Crippen molar-refractivity contribution < 1.29 is 19.0 Å². The van der Waals surface area contributed by atoms with E-state index >= 15 is 0 Å². The molecule has 0 spiro atoms. The van der Waals surface area contributed by atoms with E-state index < -0.39 is 0 Å². The minimum atomic E-state index is -0.389. The minimum absolute atomic E-state index is 0.0347. The maximum absolute atomic E-state index is 12.2. The molecule has 0 bridgehead atoms. The molecule has 0 aliphatic heterocycles. The molecule has 1 atom stereocenters. The van der Waals surface area contributed by atoms with Crippen LogP contribution in [0.2, 0.25) is 0 Å². The Balaban J connectivity index is 2.24. The Morgan fingerprint density at radius 2 is 1.85 bits per heavy atom. The molecule has 112 valence electrons. The highest BCUT2D eigenvalue weighted by atomic mass is 16.5. The summed E-state index contributed by atoms with van der Waals surface area (Å²) in [5, 5.41) is 0. The van der Waals surface area contributed by atoms with Crippen molar-refractivity contribution >= 4 is 5.78 Å². The number of carbonyl (C=O) groups excluding carboxylic acids is 1. The fraction of sp³-hybridized carbons (Fsp3) is 0.562. The zero-order chi connectivity index (χ0) is 14.6. The van der Waals surface area contributed by atoms with Gasteiger partial charge in [0, 0.05) is 25.9 Å². The highest BCUT2D eigenvalue weighted by Crippen LogP contribution is 2.09. The second-order valence-corrected chi connectivity index (χ2v) is 4.46. The van der Waals surface area contributed by atoms with Gasteiger partial charge in [0.2, 0.25) is 0 Å². The van der Waals surface area contributed by atoms with Gasteiger partial charge in [-0.2, -0.15) is 0 Å². The lowest BCUT2D eigenvalue weighted by Gasteiger charge is -2.15. The molecule has 1 rings (SSSR count). The molecule has 0 aliphatic rings. The Morgan fingerprint density at radius 3 is 2.50 bits per heavy atom. The lowest BCUT2D eigenvalue weighted by atomic mass is 10.0. The van der Waals surface area contributed by atoms with Crippen molar-refractivity contribution in [2.75, 3.05) is 33.5 Å². The first-order valence-electron chi connectivity index (χ1n) is 7.07. The van der Waals surface area contributed by atoms with Gasteiger partial charge in [0.25, 0.3) is 0 Å². The number of hydrogen-bond donors (Lipinski definition) is 0. The van der Waals surface area contributed by atoms with Crippen molar-refractivity contribution in [3.8, 4) is 0 Å². The molecule has 20 heavy (non-hydrogen) atoms. The topological polar surface area (TPSA) is 44.8 Å². The predicted molar refractivity (Wildman–Crippen MR) is 78.1 cm³/mol. The molecule has 0 amide bonds. The van der Waals surface area contributed by atoms with E-state index in [9.17, 15) is 4.79 Å². The number of carbonyl (C=O) groups is 1. The molecule has 1 aromatic rings. The molecule has 0 saturated heterocycles. The number of Topliss-reactive ketones (excluding diaryl/α,β-unsaturated/α-hetero) is 1. The van der Waals surface area contributed by atoms with Crippen LogP contribution in [0.4, 0.5) is 0 Å². The molecule has 0 saturated carbocycles. The molecular formula is C16H24O4. The second-order valence-electron chi connectivity index (χ2n) is 4.46. The summed E-state index contributed by atoms with van der Waals surface area (Å²) >= 11 is 0. The van der Waals surface area contributed by atoms with Gasteiger partial charge in [-0.3, -0.25) is 4.79 Å². The van der Waals surface area contributed by atoms with Crippen molar-refractivity contribution in [3.05, 3.63) is 35.9 Å². The van der Waals surface area contributed by atoms with E-state index in [4.69, 9.17) is 14.2 Å². The molecule has 4 nitrogen and oxygen atoms in total. The van der Waals surface area contributed by atoms with Gasteiger partial charge in [0.05, 0.1) is 13.2 Å². The monoisotopic (exact) mass is 280 g/mol. The summed E-state index contributed by atoms with van der Waals surface area (Å²) < 4.78 is 15.9. The van der Waals surface area contributed by atoms with Gasteiger partial charge < -0.3 is 14.2 Å². The third-order valence-corrected chi connectivity index (χ3v) is 2.91. The number of ether oxygens (including phenoxy) is 3. The summed E-state index contributed by atoms with van der Waals surface area (Å²) in [4.78, 5) is 12.2. The first kappa shape index (κ1) is 16.8. The molecule has 1 aromatic carbocycles. The number of ketones is 1. The first-order valence-corrected chi connectivity index (χ1v) is 7.07.